The monoisotopic (exact) mass is 547 g/mol. The van der Waals surface area contributed by atoms with Crippen LogP contribution in [0.1, 0.15) is 17.5 Å². The smallest absolute Gasteiger partial charge is 0.191 e. The molecule has 1 atom stereocenters. The zero-order valence-corrected chi connectivity index (χ0v) is 19.5. The number of imidazole rings is 1. The highest BCUT2D eigenvalue weighted by molar-refractivity contribution is 14.0. The fraction of sp³-hybridized carbons (Fsp3) is 0.333. The van der Waals surface area contributed by atoms with Gasteiger partial charge in [-0.2, -0.15) is 0 Å². The number of fused-ring (bicyclic) bond motifs is 1. The predicted molar refractivity (Wildman–Crippen MR) is 124 cm³/mol. The Bertz CT molecular complexity index is 847. The first-order chi connectivity index (χ1) is 12.1. The van der Waals surface area contributed by atoms with Crippen LogP contribution in [0.3, 0.4) is 0 Å². The number of aliphatic imine (C=N–C) groups is 1. The topological polar surface area (TPSA) is 53.7 Å². The minimum absolute atomic E-state index is 0. The number of aromatic nitrogens is 2. The molecule has 140 valence electrons. The number of guanidine groups is 1. The van der Waals surface area contributed by atoms with Gasteiger partial charge in [0.25, 0.3) is 0 Å². The van der Waals surface area contributed by atoms with Crippen molar-refractivity contribution in [1.82, 2.24) is 20.0 Å². The Hall–Kier alpha value is -1.13. The van der Waals surface area contributed by atoms with E-state index in [1.165, 1.54) is 4.88 Å². The Kier molecular flexibility index (Phi) is 8.36. The van der Waals surface area contributed by atoms with Gasteiger partial charge in [0, 0.05) is 35.3 Å². The molecule has 3 rings (SSSR count). The van der Waals surface area contributed by atoms with Gasteiger partial charge in [-0.1, -0.05) is 13.0 Å². The third-order valence-corrected chi connectivity index (χ3v) is 5.24. The number of nitrogens with one attached hydrogen (secondary N) is 2. The summed E-state index contributed by atoms with van der Waals surface area (Å²) < 4.78 is 3.05. The maximum atomic E-state index is 4.60. The van der Waals surface area contributed by atoms with Crippen molar-refractivity contribution >= 4 is 62.9 Å². The third-order valence-electron chi connectivity index (χ3n) is 3.87. The maximum Gasteiger partial charge on any atom is 0.191 e. The molecule has 5 nitrogen and oxygen atoms in total. The molecule has 0 aromatic carbocycles. The molecule has 3 heterocycles. The summed E-state index contributed by atoms with van der Waals surface area (Å²) in [6, 6.07) is 8.28. The Labute approximate surface area is 183 Å². The number of hydrogen-bond donors (Lipinski definition) is 2. The Morgan fingerprint density at radius 3 is 2.88 bits per heavy atom. The van der Waals surface area contributed by atoms with Crippen molar-refractivity contribution in [1.29, 1.82) is 0 Å². The van der Waals surface area contributed by atoms with Crippen molar-refractivity contribution in [3.63, 3.8) is 0 Å². The number of rotatable bonds is 6. The maximum absolute atomic E-state index is 4.60. The summed E-state index contributed by atoms with van der Waals surface area (Å²) in [5.41, 5.74) is 1.92. The van der Waals surface area contributed by atoms with E-state index in [-0.39, 0.29) is 24.0 Å². The van der Waals surface area contributed by atoms with E-state index in [0.29, 0.717) is 12.5 Å². The molecule has 26 heavy (non-hydrogen) atoms. The lowest BCUT2D eigenvalue weighted by molar-refractivity contribution is 0.562. The van der Waals surface area contributed by atoms with Gasteiger partial charge >= 0.3 is 0 Å². The Balaban J connectivity index is 0.00000243. The SMILES string of the molecule is CN=C(NCc1cn2cc(Br)ccc2n1)NCC(C)Cc1cccs1.I. The molecule has 0 aliphatic carbocycles. The van der Waals surface area contributed by atoms with Crippen LogP contribution in [0, 0.1) is 5.92 Å². The fourth-order valence-corrected chi connectivity index (χ4v) is 3.84. The van der Waals surface area contributed by atoms with Crippen molar-refractivity contribution in [2.75, 3.05) is 13.6 Å². The average molecular weight is 548 g/mol. The molecule has 3 aromatic rings. The van der Waals surface area contributed by atoms with E-state index >= 15 is 0 Å². The van der Waals surface area contributed by atoms with E-state index in [1.54, 1.807) is 7.05 Å². The van der Waals surface area contributed by atoms with Gasteiger partial charge < -0.3 is 15.0 Å². The number of nitrogens with zero attached hydrogens (tertiary/aromatic N) is 3. The molecule has 0 amide bonds. The first-order valence-corrected chi connectivity index (χ1v) is 9.91. The fourth-order valence-electron chi connectivity index (χ4n) is 2.61. The zero-order chi connectivity index (χ0) is 17.6. The van der Waals surface area contributed by atoms with Gasteiger partial charge in [0.1, 0.15) is 5.65 Å². The minimum Gasteiger partial charge on any atom is -0.356 e. The van der Waals surface area contributed by atoms with Crippen LogP contribution >= 0.6 is 51.2 Å². The Morgan fingerprint density at radius 2 is 2.15 bits per heavy atom. The predicted octanol–water partition coefficient (Wildman–Crippen LogP) is 4.32. The molecule has 1 unspecified atom stereocenters. The van der Waals surface area contributed by atoms with Gasteiger partial charge in [0.2, 0.25) is 0 Å². The van der Waals surface area contributed by atoms with Gasteiger partial charge in [-0.3, -0.25) is 4.99 Å². The van der Waals surface area contributed by atoms with Crippen LogP contribution in [0.4, 0.5) is 0 Å². The summed E-state index contributed by atoms with van der Waals surface area (Å²) in [7, 11) is 1.79. The van der Waals surface area contributed by atoms with Crippen molar-refractivity contribution < 1.29 is 0 Å². The molecule has 0 saturated heterocycles. The molecular weight excluding hydrogens is 525 g/mol. The highest BCUT2D eigenvalue weighted by Gasteiger charge is 2.07. The summed E-state index contributed by atoms with van der Waals surface area (Å²) in [4.78, 5) is 10.3. The van der Waals surface area contributed by atoms with Crippen LogP contribution in [-0.4, -0.2) is 28.9 Å². The lowest BCUT2D eigenvalue weighted by atomic mass is 10.1. The number of pyridine rings is 1. The summed E-state index contributed by atoms with van der Waals surface area (Å²) in [5.74, 6) is 1.35. The molecule has 2 N–H and O–H groups in total. The second-order valence-corrected chi connectivity index (χ2v) is 7.99. The molecule has 3 aromatic heterocycles. The largest absolute Gasteiger partial charge is 0.356 e. The highest BCUT2D eigenvalue weighted by Crippen LogP contribution is 2.14. The van der Waals surface area contributed by atoms with Crippen molar-refractivity contribution in [2.45, 2.75) is 19.9 Å². The van der Waals surface area contributed by atoms with Gasteiger partial charge in [-0.05, 0) is 51.8 Å². The number of hydrogen-bond acceptors (Lipinski definition) is 3. The quantitative estimate of drug-likeness (QED) is 0.274. The average Bonchev–Trinajstić information content (AvgIpc) is 3.23. The molecule has 0 fully saturated rings. The van der Waals surface area contributed by atoms with Gasteiger partial charge in [0.05, 0.1) is 12.2 Å². The van der Waals surface area contributed by atoms with Gasteiger partial charge in [-0.15, -0.1) is 35.3 Å². The Morgan fingerprint density at radius 1 is 1.31 bits per heavy atom. The minimum atomic E-state index is 0. The summed E-state index contributed by atoms with van der Waals surface area (Å²) in [5, 5.41) is 8.85. The summed E-state index contributed by atoms with van der Waals surface area (Å²) in [6.07, 6.45) is 5.12. The van der Waals surface area contributed by atoms with E-state index in [0.717, 1.165) is 34.7 Å². The van der Waals surface area contributed by atoms with Crippen LogP contribution in [-0.2, 0) is 13.0 Å². The van der Waals surface area contributed by atoms with Crippen molar-refractivity contribution in [2.24, 2.45) is 10.9 Å². The second kappa shape index (κ2) is 10.3. The summed E-state index contributed by atoms with van der Waals surface area (Å²) in [6.45, 7) is 3.77. The second-order valence-electron chi connectivity index (χ2n) is 6.04. The van der Waals surface area contributed by atoms with Crippen LogP contribution < -0.4 is 10.6 Å². The highest BCUT2D eigenvalue weighted by atomic mass is 127. The molecule has 0 aliphatic rings. The van der Waals surface area contributed by atoms with E-state index in [1.807, 2.05) is 40.3 Å². The van der Waals surface area contributed by atoms with Crippen LogP contribution in [0.25, 0.3) is 5.65 Å². The molecule has 0 saturated carbocycles. The standard InChI is InChI=1S/C18H22BrN5S.HI/c1-13(8-16-4-3-7-25-16)9-21-18(20-2)22-10-15-12-24-11-14(19)5-6-17(24)23-15;/h3-7,11-13H,8-10H2,1-2H3,(H2,20,21,22);1H. The van der Waals surface area contributed by atoms with Crippen LogP contribution in [0.2, 0.25) is 0 Å². The van der Waals surface area contributed by atoms with Gasteiger partial charge in [0.15, 0.2) is 5.96 Å². The van der Waals surface area contributed by atoms with E-state index in [4.69, 9.17) is 0 Å². The molecular formula is C18H23BrIN5S. The van der Waals surface area contributed by atoms with Crippen molar-refractivity contribution in [3.05, 3.63) is 57.1 Å². The van der Waals surface area contributed by atoms with E-state index < -0.39 is 0 Å². The third kappa shape index (κ3) is 5.95. The molecule has 0 spiro atoms. The van der Waals surface area contributed by atoms with Crippen LogP contribution in [0.15, 0.2) is 51.5 Å². The first-order valence-electron chi connectivity index (χ1n) is 8.24. The number of thiophene rings is 1. The van der Waals surface area contributed by atoms with E-state index in [2.05, 4.69) is 61.0 Å². The lowest BCUT2D eigenvalue weighted by Gasteiger charge is -2.15. The van der Waals surface area contributed by atoms with Crippen molar-refractivity contribution in [3.8, 4) is 0 Å². The lowest BCUT2D eigenvalue weighted by Crippen LogP contribution is -2.39. The molecule has 8 heteroatoms. The zero-order valence-electron chi connectivity index (χ0n) is 14.8. The molecule has 0 aliphatic heterocycles. The normalized spacial score (nSPS) is 12.7. The van der Waals surface area contributed by atoms with E-state index in [9.17, 15) is 0 Å². The van der Waals surface area contributed by atoms with Gasteiger partial charge in [-0.25, -0.2) is 4.98 Å². The molecule has 0 bridgehead atoms. The summed E-state index contributed by atoms with van der Waals surface area (Å²) >= 11 is 5.29. The number of halogens is 2. The molecule has 0 radical (unpaired) electrons. The first kappa shape index (κ1) is 21.2. The van der Waals surface area contributed by atoms with Crippen LogP contribution in [0.5, 0.6) is 0 Å².